The van der Waals surface area contributed by atoms with E-state index in [0.717, 1.165) is 27.3 Å². The number of carbonyl (C=O) groups is 2. The summed E-state index contributed by atoms with van der Waals surface area (Å²) in [5.74, 6) is -0.290. The molecule has 0 radical (unpaired) electrons. The average Bonchev–Trinajstić information content (AvgIpc) is 3.15. The van der Waals surface area contributed by atoms with Gasteiger partial charge < -0.3 is 20.5 Å². The van der Waals surface area contributed by atoms with Gasteiger partial charge in [0.25, 0.3) is 5.91 Å². The van der Waals surface area contributed by atoms with Gasteiger partial charge in [-0.25, -0.2) is 4.39 Å². The number of primary amides is 1. The SMILES string of the molecule is COc1cc([C@@H]2CC(=O)Nc3c(-c4ccc(F)cc4)csc32)ccc1OCC(N)=O. The molecule has 3 N–H and O–H groups in total. The molecule has 2 heterocycles. The summed E-state index contributed by atoms with van der Waals surface area (Å²) < 4.78 is 24.1. The molecule has 2 aromatic carbocycles. The second-order valence-corrected chi connectivity index (χ2v) is 7.78. The van der Waals surface area contributed by atoms with Crippen molar-refractivity contribution < 1.29 is 23.5 Å². The first-order valence-corrected chi connectivity index (χ1v) is 10.1. The number of nitrogens with two attached hydrogens (primary N) is 1. The molecule has 8 heteroatoms. The fraction of sp³-hybridized carbons (Fsp3) is 0.182. The predicted octanol–water partition coefficient (Wildman–Crippen LogP) is 3.90. The standard InChI is InChI=1S/C22H19FN2O4S/c1-28-18-8-13(4-7-17(18)29-10-19(24)26)15-9-20(27)25-21-16(11-30-22(15)21)12-2-5-14(23)6-3-12/h2-8,11,15H,9-10H2,1H3,(H2,24,26)(H,25,27)/t15-/m0/s1. The molecular formula is C22H19FN2O4S. The van der Waals surface area contributed by atoms with Crippen LogP contribution in [0.5, 0.6) is 11.5 Å². The van der Waals surface area contributed by atoms with Crippen LogP contribution in [-0.2, 0) is 9.59 Å². The molecule has 0 fully saturated rings. The monoisotopic (exact) mass is 426 g/mol. The molecule has 0 bridgehead atoms. The molecule has 4 rings (SSSR count). The summed E-state index contributed by atoms with van der Waals surface area (Å²) in [6.45, 7) is -0.252. The third-order valence-corrected chi connectivity index (χ3v) is 6.00. The fourth-order valence-corrected chi connectivity index (χ4v) is 4.67. The zero-order valence-corrected chi connectivity index (χ0v) is 16.9. The van der Waals surface area contributed by atoms with Crippen LogP contribution in [0.3, 0.4) is 0 Å². The summed E-state index contributed by atoms with van der Waals surface area (Å²) in [5, 5.41) is 4.93. The molecule has 154 valence electrons. The molecule has 6 nitrogen and oxygen atoms in total. The number of benzene rings is 2. The van der Waals surface area contributed by atoms with E-state index in [-0.39, 0.29) is 24.2 Å². The van der Waals surface area contributed by atoms with E-state index in [0.29, 0.717) is 17.9 Å². The lowest BCUT2D eigenvalue weighted by Crippen LogP contribution is -2.22. The number of amides is 2. The number of halogens is 1. The number of ether oxygens (including phenoxy) is 2. The molecule has 3 aromatic rings. The Labute approximate surface area is 176 Å². The van der Waals surface area contributed by atoms with Crippen molar-refractivity contribution in [2.75, 3.05) is 19.0 Å². The summed E-state index contributed by atoms with van der Waals surface area (Å²) in [4.78, 5) is 24.5. The number of rotatable bonds is 6. The second kappa shape index (κ2) is 8.16. The quantitative estimate of drug-likeness (QED) is 0.626. The van der Waals surface area contributed by atoms with E-state index in [2.05, 4.69) is 5.32 Å². The van der Waals surface area contributed by atoms with E-state index in [1.165, 1.54) is 19.2 Å². The van der Waals surface area contributed by atoms with Crippen molar-refractivity contribution in [1.29, 1.82) is 0 Å². The highest BCUT2D eigenvalue weighted by Gasteiger charge is 2.31. The molecular weight excluding hydrogens is 407 g/mol. The van der Waals surface area contributed by atoms with Gasteiger partial charge in [-0.15, -0.1) is 11.3 Å². The number of thiophene rings is 1. The number of hydrogen-bond donors (Lipinski definition) is 2. The van der Waals surface area contributed by atoms with Gasteiger partial charge in [0.2, 0.25) is 5.91 Å². The summed E-state index contributed by atoms with van der Waals surface area (Å²) in [6, 6.07) is 11.6. The summed E-state index contributed by atoms with van der Waals surface area (Å²) in [6.07, 6.45) is 0.293. The number of methoxy groups -OCH3 is 1. The molecule has 0 aliphatic carbocycles. The number of hydrogen-bond acceptors (Lipinski definition) is 5. The van der Waals surface area contributed by atoms with Crippen LogP contribution in [0.25, 0.3) is 11.1 Å². The van der Waals surface area contributed by atoms with Gasteiger partial charge in [-0.2, -0.15) is 0 Å². The number of fused-ring (bicyclic) bond motifs is 1. The van der Waals surface area contributed by atoms with Crippen LogP contribution in [0, 0.1) is 5.82 Å². The van der Waals surface area contributed by atoms with Crippen LogP contribution in [0.4, 0.5) is 10.1 Å². The van der Waals surface area contributed by atoms with Gasteiger partial charge >= 0.3 is 0 Å². The minimum Gasteiger partial charge on any atom is -0.493 e. The summed E-state index contributed by atoms with van der Waals surface area (Å²) >= 11 is 1.55. The molecule has 0 spiro atoms. The third-order valence-electron chi connectivity index (χ3n) is 4.91. The lowest BCUT2D eigenvalue weighted by Gasteiger charge is -2.24. The Morgan fingerprint density at radius 3 is 2.70 bits per heavy atom. The average molecular weight is 426 g/mol. The Hall–Kier alpha value is -3.39. The van der Waals surface area contributed by atoms with E-state index in [4.69, 9.17) is 15.2 Å². The first-order valence-electron chi connectivity index (χ1n) is 9.22. The van der Waals surface area contributed by atoms with Crippen LogP contribution in [0.1, 0.15) is 22.8 Å². The van der Waals surface area contributed by atoms with E-state index < -0.39 is 5.91 Å². The van der Waals surface area contributed by atoms with Crippen molar-refractivity contribution in [2.45, 2.75) is 12.3 Å². The van der Waals surface area contributed by atoms with Crippen molar-refractivity contribution in [1.82, 2.24) is 0 Å². The predicted molar refractivity (Wildman–Crippen MR) is 112 cm³/mol. The van der Waals surface area contributed by atoms with Crippen molar-refractivity contribution in [2.24, 2.45) is 5.73 Å². The first kappa shape index (κ1) is 19.9. The maximum atomic E-state index is 13.3. The van der Waals surface area contributed by atoms with Crippen LogP contribution in [0.2, 0.25) is 0 Å². The van der Waals surface area contributed by atoms with Crippen LogP contribution >= 0.6 is 11.3 Å². The highest BCUT2D eigenvalue weighted by Crippen LogP contribution is 2.47. The molecule has 1 aromatic heterocycles. The highest BCUT2D eigenvalue weighted by atomic mass is 32.1. The first-order chi connectivity index (χ1) is 14.5. The summed E-state index contributed by atoms with van der Waals surface area (Å²) in [7, 11) is 1.51. The highest BCUT2D eigenvalue weighted by molar-refractivity contribution is 7.11. The van der Waals surface area contributed by atoms with Gasteiger partial charge in [0.15, 0.2) is 18.1 Å². The zero-order chi connectivity index (χ0) is 21.3. The molecule has 1 atom stereocenters. The van der Waals surface area contributed by atoms with Gasteiger partial charge in [-0.05, 0) is 35.4 Å². The molecule has 0 saturated carbocycles. The Kier molecular flexibility index (Phi) is 5.41. The Morgan fingerprint density at radius 2 is 2.00 bits per heavy atom. The maximum Gasteiger partial charge on any atom is 0.255 e. The van der Waals surface area contributed by atoms with Crippen molar-refractivity contribution >= 4 is 28.8 Å². The largest absolute Gasteiger partial charge is 0.493 e. The molecule has 2 amide bonds. The van der Waals surface area contributed by atoms with Crippen LogP contribution in [0.15, 0.2) is 47.8 Å². The molecule has 0 unspecified atom stereocenters. The van der Waals surface area contributed by atoms with Gasteiger partial charge in [0.1, 0.15) is 5.82 Å². The Balaban J connectivity index is 1.71. The zero-order valence-electron chi connectivity index (χ0n) is 16.1. The third kappa shape index (κ3) is 3.86. The van der Waals surface area contributed by atoms with Gasteiger partial charge in [-0.1, -0.05) is 18.2 Å². The Bertz CT molecular complexity index is 1110. The lowest BCUT2D eigenvalue weighted by molar-refractivity contribution is -0.120. The number of carbonyl (C=O) groups excluding carboxylic acids is 2. The van der Waals surface area contributed by atoms with Gasteiger partial charge in [-0.3, -0.25) is 9.59 Å². The van der Waals surface area contributed by atoms with Gasteiger partial charge in [0.05, 0.1) is 12.8 Å². The normalized spacial score (nSPS) is 15.3. The minimum atomic E-state index is -0.582. The van der Waals surface area contributed by atoms with E-state index >= 15 is 0 Å². The second-order valence-electron chi connectivity index (χ2n) is 6.87. The number of nitrogens with one attached hydrogen (secondary N) is 1. The lowest BCUT2D eigenvalue weighted by atomic mass is 9.89. The van der Waals surface area contributed by atoms with Crippen molar-refractivity contribution in [3.05, 3.63) is 64.1 Å². The molecule has 1 aliphatic heterocycles. The van der Waals surface area contributed by atoms with E-state index in [1.807, 2.05) is 11.4 Å². The molecule has 1 aliphatic rings. The van der Waals surface area contributed by atoms with Crippen molar-refractivity contribution in [3.63, 3.8) is 0 Å². The molecule has 30 heavy (non-hydrogen) atoms. The Morgan fingerprint density at radius 1 is 1.23 bits per heavy atom. The van der Waals surface area contributed by atoms with E-state index in [1.54, 1.807) is 35.6 Å². The van der Waals surface area contributed by atoms with E-state index in [9.17, 15) is 14.0 Å². The van der Waals surface area contributed by atoms with Crippen LogP contribution < -0.4 is 20.5 Å². The number of anilines is 1. The molecule has 0 saturated heterocycles. The topological polar surface area (TPSA) is 90.7 Å². The van der Waals surface area contributed by atoms with Gasteiger partial charge in [0, 0.05) is 28.2 Å². The summed E-state index contributed by atoms with van der Waals surface area (Å²) in [5.41, 5.74) is 8.48. The fourth-order valence-electron chi connectivity index (χ4n) is 3.51. The minimum absolute atomic E-state index is 0.0951. The maximum absolute atomic E-state index is 13.3. The van der Waals surface area contributed by atoms with Crippen LogP contribution in [-0.4, -0.2) is 25.5 Å². The smallest absolute Gasteiger partial charge is 0.255 e. The van der Waals surface area contributed by atoms with Crippen molar-refractivity contribution in [3.8, 4) is 22.6 Å².